The Balaban J connectivity index is 1.55. The van der Waals surface area contributed by atoms with Crippen LogP contribution in [0.2, 0.25) is 5.02 Å². The topological polar surface area (TPSA) is 32.8 Å². The summed E-state index contributed by atoms with van der Waals surface area (Å²) >= 11 is 6.22. The van der Waals surface area contributed by atoms with Crippen molar-refractivity contribution in [2.24, 2.45) is 0 Å². The van der Waals surface area contributed by atoms with Gasteiger partial charge in [-0.05, 0) is 42.3 Å². The fraction of sp³-hybridized carbons (Fsp3) is 0.350. The van der Waals surface area contributed by atoms with Crippen molar-refractivity contribution in [3.8, 4) is 5.75 Å². The van der Waals surface area contributed by atoms with Gasteiger partial charge in [0, 0.05) is 36.9 Å². The minimum Gasteiger partial charge on any atom is -0.497 e. The second kappa shape index (κ2) is 7.79. The Bertz CT molecular complexity index is 738. The van der Waals surface area contributed by atoms with Gasteiger partial charge in [0.2, 0.25) is 5.91 Å². The molecule has 1 heterocycles. The molecule has 2 aromatic carbocycles. The zero-order valence-corrected chi connectivity index (χ0v) is 15.4. The van der Waals surface area contributed by atoms with Gasteiger partial charge in [-0.15, -0.1) is 0 Å². The van der Waals surface area contributed by atoms with Crippen LogP contribution in [0.4, 0.5) is 5.69 Å². The number of aryl methyl sites for hydroxylation is 1. The van der Waals surface area contributed by atoms with Crippen LogP contribution in [0.1, 0.15) is 11.1 Å². The molecule has 2 aromatic rings. The second-order valence-corrected chi connectivity index (χ2v) is 6.73. The van der Waals surface area contributed by atoms with Gasteiger partial charge in [-0.2, -0.15) is 0 Å². The standard InChI is InChI=1S/C20H23ClN2O2/c1-15-3-6-17(14-19(15)21)22-9-11-23(12-10-22)20(24)13-16-4-7-18(25-2)8-5-16/h3-8,14H,9-13H2,1-2H3. The van der Waals surface area contributed by atoms with E-state index in [0.29, 0.717) is 6.42 Å². The molecule has 25 heavy (non-hydrogen) atoms. The van der Waals surface area contributed by atoms with Gasteiger partial charge < -0.3 is 14.5 Å². The molecule has 1 aliphatic rings. The van der Waals surface area contributed by atoms with Gasteiger partial charge in [-0.1, -0.05) is 29.8 Å². The Morgan fingerprint density at radius 2 is 1.76 bits per heavy atom. The highest BCUT2D eigenvalue weighted by molar-refractivity contribution is 6.31. The lowest BCUT2D eigenvalue weighted by atomic mass is 10.1. The van der Waals surface area contributed by atoms with Crippen LogP contribution in [0.15, 0.2) is 42.5 Å². The fourth-order valence-corrected chi connectivity index (χ4v) is 3.20. The summed E-state index contributed by atoms with van der Waals surface area (Å²) in [6.07, 6.45) is 0.431. The number of nitrogens with zero attached hydrogens (tertiary/aromatic N) is 2. The average Bonchev–Trinajstić information content (AvgIpc) is 2.65. The molecule has 1 aliphatic heterocycles. The third-order valence-corrected chi connectivity index (χ3v) is 5.07. The van der Waals surface area contributed by atoms with E-state index in [1.54, 1.807) is 7.11 Å². The van der Waals surface area contributed by atoms with Crippen molar-refractivity contribution in [3.05, 3.63) is 58.6 Å². The first-order valence-corrected chi connectivity index (χ1v) is 8.86. The Morgan fingerprint density at radius 3 is 2.36 bits per heavy atom. The number of piperazine rings is 1. The molecule has 0 radical (unpaired) electrons. The predicted octanol–water partition coefficient (Wildman–Crippen LogP) is 3.55. The lowest BCUT2D eigenvalue weighted by Crippen LogP contribution is -2.49. The average molecular weight is 359 g/mol. The van der Waals surface area contributed by atoms with Gasteiger partial charge in [0.15, 0.2) is 0 Å². The van der Waals surface area contributed by atoms with Gasteiger partial charge in [0.25, 0.3) is 0 Å². The first kappa shape index (κ1) is 17.6. The minimum atomic E-state index is 0.173. The van der Waals surface area contributed by atoms with E-state index in [1.165, 1.54) is 0 Å². The molecule has 132 valence electrons. The van der Waals surface area contributed by atoms with Crippen LogP contribution >= 0.6 is 11.6 Å². The maximum absolute atomic E-state index is 12.5. The molecule has 0 atom stereocenters. The molecule has 0 saturated carbocycles. The summed E-state index contributed by atoms with van der Waals surface area (Å²) in [5, 5.41) is 0.788. The van der Waals surface area contributed by atoms with Crippen molar-refractivity contribution in [2.75, 3.05) is 38.2 Å². The van der Waals surface area contributed by atoms with E-state index in [1.807, 2.05) is 48.2 Å². The van der Waals surface area contributed by atoms with E-state index in [0.717, 1.165) is 53.8 Å². The summed E-state index contributed by atoms with van der Waals surface area (Å²) in [6, 6.07) is 13.8. The number of hydrogen-bond donors (Lipinski definition) is 0. The van der Waals surface area contributed by atoms with E-state index in [4.69, 9.17) is 16.3 Å². The van der Waals surface area contributed by atoms with E-state index in [9.17, 15) is 4.79 Å². The van der Waals surface area contributed by atoms with Crippen LogP contribution in [-0.2, 0) is 11.2 Å². The molecule has 0 unspecified atom stereocenters. The van der Waals surface area contributed by atoms with Crippen molar-refractivity contribution in [3.63, 3.8) is 0 Å². The zero-order chi connectivity index (χ0) is 17.8. The quantitative estimate of drug-likeness (QED) is 0.838. The lowest BCUT2D eigenvalue weighted by molar-refractivity contribution is -0.130. The van der Waals surface area contributed by atoms with E-state index in [2.05, 4.69) is 11.0 Å². The summed E-state index contributed by atoms with van der Waals surface area (Å²) in [6.45, 7) is 5.13. The molecule has 0 aromatic heterocycles. The van der Waals surface area contributed by atoms with Crippen molar-refractivity contribution >= 4 is 23.2 Å². The van der Waals surface area contributed by atoms with Crippen molar-refractivity contribution in [2.45, 2.75) is 13.3 Å². The SMILES string of the molecule is COc1ccc(CC(=O)N2CCN(c3ccc(C)c(Cl)c3)CC2)cc1. The fourth-order valence-electron chi connectivity index (χ4n) is 3.02. The molecule has 1 amide bonds. The van der Waals surface area contributed by atoms with Crippen molar-refractivity contribution < 1.29 is 9.53 Å². The molecular weight excluding hydrogens is 336 g/mol. The minimum absolute atomic E-state index is 0.173. The van der Waals surface area contributed by atoms with Gasteiger partial charge in [-0.3, -0.25) is 4.79 Å². The summed E-state index contributed by atoms with van der Waals surface area (Å²) in [5.74, 6) is 0.980. The summed E-state index contributed by atoms with van der Waals surface area (Å²) in [7, 11) is 1.64. The molecular formula is C20H23ClN2O2. The first-order valence-electron chi connectivity index (χ1n) is 8.48. The molecule has 0 aliphatic carbocycles. The van der Waals surface area contributed by atoms with Crippen molar-refractivity contribution in [1.82, 2.24) is 4.90 Å². The van der Waals surface area contributed by atoms with Crippen LogP contribution in [0.25, 0.3) is 0 Å². The number of ether oxygens (including phenoxy) is 1. The van der Waals surface area contributed by atoms with E-state index >= 15 is 0 Å². The number of hydrogen-bond acceptors (Lipinski definition) is 3. The molecule has 4 nitrogen and oxygen atoms in total. The summed E-state index contributed by atoms with van der Waals surface area (Å²) in [5.41, 5.74) is 3.22. The van der Waals surface area contributed by atoms with Crippen LogP contribution in [0.3, 0.4) is 0 Å². The van der Waals surface area contributed by atoms with Gasteiger partial charge in [0.05, 0.1) is 13.5 Å². The molecule has 1 saturated heterocycles. The number of amides is 1. The molecule has 3 rings (SSSR count). The Hall–Kier alpha value is -2.20. The number of methoxy groups -OCH3 is 1. The third-order valence-electron chi connectivity index (χ3n) is 4.67. The predicted molar refractivity (Wildman–Crippen MR) is 102 cm³/mol. The number of carbonyl (C=O) groups is 1. The van der Waals surface area contributed by atoms with Crippen LogP contribution in [-0.4, -0.2) is 44.1 Å². The monoisotopic (exact) mass is 358 g/mol. The number of rotatable bonds is 4. The highest BCUT2D eigenvalue weighted by atomic mass is 35.5. The highest BCUT2D eigenvalue weighted by Crippen LogP contribution is 2.24. The van der Waals surface area contributed by atoms with Crippen LogP contribution in [0, 0.1) is 6.92 Å². The van der Waals surface area contributed by atoms with E-state index < -0.39 is 0 Å². The Morgan fingerprint density at radius 1 is 1.08 bits per heavy atom. The first-order chi connectivity index (χ1) is 12.1. The number of anilines is 1. The van der Waals surface area contributed by atoms with Gasteiger partial charge >= 0.3 is 0 Å². The molecule has 0 N–H and O–H groups in total. The van der Waals surface area contributed by atoms with Crippen LogP contribution < -0.4 is 9.64 Å². The second-order valence-electron chi connectivity index (χ2n) is 6.33. The number of carbonyl (C=O) groups excluding carboxylic acids is 1. The lowest BCUT2D eigenvalue weighted by Gasteiger charge is -2.36. The third kappa shape index (κ3) is 4.26. The number of halogens is 1. The van der Waals surface area contributed by atoms with Gasteiger partial charge in [-0.25, -0.2) is 0 Å². The largest absolute Gasteiger partial charge is 0.497 e. The number of benzene rings is 2. The molecule has 0 spiro atoms. The zero-order valence-electron chi connectivity index (χ0n) is 14.7. The van der Waals surface area contributed by atoms with Crippen molar-refractivity contribution in [1.29, 1.82) is 0 Å². The highest BCUT2D eigenvalue weighted by Gasteiger charge is 2.21. The van der Waals surface area contributed by atoms with Crippen LogP contribution in [0.5, 0.6) is 5.75 Å². The molecule has 1 fully saturated rings. The Labute approximate surface area is 154 Å². The maximum atomic E-state index is 12.5. The smallest absolute Gasteiger partial charge is 0.227 e. The summed E-state index contributed by atoms with van der Waals surface area (Å²) in [4.78, 5) is 16.7. The summed E-state index contributed by atoms with van der Waals surface area (Å²) < 4.78 is 5.15. The van der Waals surface area contributed by atoms with E-state index in [-0.39, 0.29) is 5.91 Å². The van der Waals surface area contributed by atoms with Gasteiger partial charge in [0.1, 0.15) is 5.75 Å². The molecule has 0 bridgehead atoms. The Kier molecular flexibility index (Phi) is 5.49. The molecule has 5 heteroatoms. The normalized spacial score (nSPS) is 14.5. The maximum Gasteiger partial charge on any atom is 0.227 e.